The zero-order chi connectivity index (χ0) is 15.9. The molecule has 0 amide bonds. The predicted octanol–water partition coefficient (Wildman–Crippen LogP) is 2.00. The van der Waals surface area contributed by atoms with Crippen molar-refractivity contribution >= 4 is 28.0 Å². The number of hydrogen-bond donors (Lipinski definition) is 1. The number of ether oxygens (including phenoxy) is 1. The van der Waals surface area contributed by atoms with Gasteiger partial charge in [-0.15, -0.1) is 0 Å². The summed E-state index contributed by atoms with van der Waals surface area (Å²) in [4.78, 5) is 15.7. The predicted molar refractivity (Wildman–Crippen MR) is 87.7 cm³/mol. The third-order valence-corrected chi connectivity index (χ3v) is 4.18. The van der Waals surface area contributed by atoms with E-state index in [1.54, 1.807) is 6.20 Å². The van der Waals surface area contributed by atoms with E-state index in [2.05, 4.69) is 25.1 Å². The first-order valence-corrected chi connectivity index (χ1v) is 7.76. The number of nitrogens with one attached hydrogen (secondary N) is 1. The third kappa shape index (κ3) is 2.11. The Labute approximate surface area is 136 Å². The molecule has 1 saturated heterocycles. The first-order chi connectivity index (χ1) is 11.9. The second-order valence-electron chi connectivity index (χ2n) is 5.65. The zero-order valence-corrected chi connectivity index (χ0v) is 12.8. The SMILES string of the molecule is c1nc2nc(-c3ccc4[nH]ncc4c3)nc(N3CCOCC3)c2o1. The van der Waals surface area contributed by atoms with Crippen LogP contribution in [-0.4, -0.2) is 51.5 Å². The van der Waals surface area contributed by atoms with E-state index in [4.69, 9.17) is 14.1 Å². The Morgan fingerprint density at radius 2 is 2.04 bits per heavy atom. The van der Waals surface area contributed by atoms with Gasteiger partial charge in [0.2, 0.25) is 11.2 Å². The van der Waals surface area contributed by atoms with Crippen molar-refractivity contribution in [3.63, 3.8) is 0 Å². The largest absolute Gasteiger partial charge is 0.438 e. The molecule has 4 aromatic rings. The van der Waals surface area contributed by atoms with Crippen molar-refractivity contribution in [2.45, 2.75) is 0 Å². The minimum absolute atomic E-state index is 0.564. The third-order valence-electron chi connectivity index (χ3n) is 4.18. The molecule has 0 radical (unpaired) electrons. The van der Waals surface area contributed by atoms with E-state index in [0.717, 1.165) is 35.4 Å². The Bertz CT molecular complexity index is 1020. The fourth-order valence-corrected chi connectivity index (χ4v) is 2.95. The first kappa shape index (κ1) is 13.4. The highest BCUT2D eigenvalue weighted by atomic mass is 16.5. The summed E-state index contributed by atoms with van der Waals surface area (Å²) in [5.41, 5.74) is 3.08. The van der Waals surface area contributed by atoms with E-state index in [1.807, 2.05) is 18.2 Å². The highest BCUT2D eigenvalue weighted by Crippen LogP contribution is 2.28. The van der Waals surface area contributed by atoms with Gasteiger partial charge in [0, 0.05) is 24.0 Å². The van der Waals surface area contributed by atoms with E-state index in [9.17, 15) is 0 Å². The number of oxazole rings is 1. The van der Waals surface area contributed by atoms with Gasteiger partial charge in [0.05, 0.1) is 24.9 Å². The monoisotopic (exact) mass is 322 g/mol. The highest BCUT2D eigenvalue weighted by Gasteiger charge is 2.20. The molecular weight excluding hydrogens is 308 g/mol. The Kier molecular flexibility index (Phi) is 2.95. The first-order valence-electron chi connectivity index (χ1n) is 7.76. The van der Waals surface area contributed by atoms with Crippen LogP contribution in [0.4, 0.5) is 5.82 Å². The van der Waals surface area contributed by atoms with Crippen LogP contribution in [0.2, 0.25) is 0 Å². The molecule has 5 rings (SSSR count). The number of anilines is 1. The van der Waals surface area contributed by atoms with Crippen LogP contribution < -0.4 is 4.90 Å². The lowest BCUT2D eigenvalue weighted by Gasteiger charge is -2.27. The molecule has 8 nitrogen and oxygen atoms in total. The van der Waals surface area contributed by atoms with Gasteiger partial charge in [-0.3, -0.25) is 5.10 Å². The van der Waals surface area contributed by atoms with Crippen molar-refractivity contribution in [1.29, 1.82) is 0 Å². The van der Waals surface area contributed by atoms with Crippen molar-refractivity contribution < 1.29 is 9.15 Å². The molecule has 0 aliphatic carbocycles. The van der Waals surface area contributed by atoms with Crippen LogP contribution >= 0.6 is 0 Å². The van der Waals surface area contributed by atoms with E-state index >= 15 is 0 Å². The molecule has 0 spiro atoms. The maximum absolute atomic E-state index is 5.52. The van der Waals surface area contributed by atoms with Crippen LogP contribution in [0, 0.1) is 0 Å². The quantitative estimate of drug-likeness (QED) is 0.603. The molecule has 1 aliphatic rings. The normalized spacial score (nSPS) is 15.4. The summed E-state index contributed by atoms with van der Waals surface area (Å²) in [5.74, 6) is 1.39. The van der Waals surface area contributed by atoms with Gasteiger partial charge in [0.1, 0.15) is 0 Å². The Morgan fingerprint density at radius 1 is 1.12 bits per heavy atom. The minimum Gasteiger partial charge on any atom is -0.438 e. The molecule has 24 heavy (non-hydrogen) atoms. The van der Waals surface area contributed by atoms with Gasteiger partial charge in [0.15, 0.2) is 18.0 Å². The topological polar surface area (TPSA) is 93.0 Å². The number of aromatic amines is 1. The fourth-order valence-electron chi connectivity index (χ4n) is 2.95. The number of hydrogen-bond acceptors (Lipinski definition) is 7. The molecule has 120 valence electrons. The molecule has 1 aliphatic heterocycles. The number of rotatable bonds is 2. The number of fused-ring (bicyclic) bond motifs is 2. The van der Waals surface area contributed by atoms with E-state index in [1.165, 1.54) is 6.39 Å². The molecule has 0 unspecified atom stereocenters. The van der Waals surface area contributed by atoms with E-state index in [-0.39, 0.29) is 0 Å². The summed E-state index contributed by atoms with van der Waals surface area (Å²) < 4.78 is 10.9. The molecule has 4 heterocycles. The van der Waals surface area contributed by atoms with Gasteiger partial charge >= 0.3 is 0 Å². The van der Waals surface area contributed by atoms with Gasteiger partial charge in [-0.25, -0.2) is 9.97 Å². The number of benzene rings is 1. The molecule has 3 aromatic heterocycles. The lowest BCUT2D eigenvalue weighted by atomic mass is 10.1. The Balaban J connectivity index is 1.67. The number of nitrogens with zero attached hydrogens (tertiary/aromatic N) is 5. The van der Waals surface area contributed by atoms with Crippen molar-refractivity contribution in [3.05, 3.63) is 30.8 Å². The summed E-state index contributed by atoms with van der Waals surface area (Å²) >= 11 is 0. The zero-order valence-electron chi connectivity index (χ0n) is 12.8. The van der Waals surface area contributed by atoms with Crippen molar-refractivity contribution in [3.8, 4) is 11.4 Å². The lowest BCUT2D eigenvalue weighted by molar-refractivity contribution is 0.122. The summed E-state index contributed by atoms with van der Waals surface area (Å²) in [6, 6.07) is 5.97. The Morgan fingerprint density at radius 3 is 2.96 bits per heavy atom. The molecule has 1 aromatic carbocycles. The second-order valence-corrected chi connectivity index (χ2v) is 5.65. The average molecular weight is 322 g/mol. The molecule has 8 heteroatoms. The molecule has 0 bridgehead atoms. The fraction of sp³-hybridized carbons (Fsp3) is 0.250. The van der Waals surface area contributed by atoms with E-state index in [0.29, 0.717) is 30.3 Å². The summed E-state index contributed by atoms with van der Waals surface area (Å²) in [7, 11) is 0. The standard InChI is InChI=1S/C16H14N6O2/c1-2-12-11(8-18-21-12)7-10(1)14-19-15-13(24-9-17-15)16(20-14)22-3-5-23-6-4-22/h1-2,7-9H,3-6H2,(H,18,21). The van der Waals surface area contributed by atoms with Crippen LogP contribution in [0.3, 0.4) is 0 Å². The Hall–Kier alpha value is -3.00. The molecule has 1 N–H and O–H groups in total. The van der Waals surface area contributed by atoms with Gasteiger partial charge in [-0.05, 0) is 18.2 Å². The van der Waals surface area contributed by atoms with Gasteiger partial charge in [0.25, 0.3) is 0 Å². The van der Waals surface area contributed by atoms with Gasteiger partial charge < -0.3 is 14.1 Å². The lowest BCUT2D eigenvalue weighted by Crippen LogP contribution is -2.37. The smallest absolute Gasteiger partial charge is 0.215 e. The van der Waals surface area contributed by atoms with Gasteiger partial charge in [-0.1, -0.05) is 0 Å². The highest BCUT2D eigenvalue weighted by molar-refractivity contribution is 5.86. The van der Waals surface area contributed by atoms with Crippen LogP contribution in [-0.2, 0) is 4.74 Å². The van der Waals surface area contributed by atoms with Crippen molar-refractivity contribution in [1.82, 2.24) is 25.1 Å². The van der Waals surface area contributed by atoms with Crippen LogP contribution in [0.5, 0.6) is 0 Å². The maximum atomic E-state index is 5.52. The average Bonchev–Trinajstić information content (AvgIpc) is 3.29. The molecule has 0 saturated carbocycles. The summed E-state index contributed by atoms with van der Waals surface area (Å²) in [6.07, 6.45) is 3.20. The number of aromatic nitrogens is 5. The van der Waals surface area contributed by atoms with Crippen LogP contribution in [0.1, 0.15) is 0 Å². The van der Waals surface area contributed by atoms with Crippen molar-refractivity contribution in [2.24, 2.45) is 0 Å². The number of morpholine rings is 1. The summed E-state index contributed by atoms with van der Waals surface area (Å²) in [5, 5.41) is 8.02. The van der Waals surface area contributed by atoms with Crippen LogP contribution in [0.25, 0.3) is 33.5 Å². The second kappa shape index (κ2) is 5.27. The maximum Gasteiger partial charge on any atom is 0.215 e. The molecular formula is C16H14N6O2. The minimum atomic E-state index is 0.564. The summed E-state index contributed by atoms with van der Waals surface area (Å²) in [6.45, 7) is 2.89. The molecule has 1 fully saturated rings. The van der Waals surface area contributed by atoms with Crippen molar-refractivity contribution in [2.75, 3.05) is 31.2 Å². The molecule has 0 atom stereocenters. The van der Waals surface area contributed by atoms with E-state index < -0.39 is 0 Å². The van der Waals surface area contributed by atoms with Crippen LogP contribution in [0.15, 0.2) is 35.2 Å². The number of H-pyrrole nitrogens is 1. The van der Waals surface area contributed by atoms with Gasteiger partial charge in [-0.2, -0.15) is 10.1 Å².